The van der Waals surface area contributed by atoms with E-state index in [-0.39, 0.29) is 40.0 Å². The SMILES string of the molecule is Clc1cccc(COc2cc[c-]cc2)c1.[Br-].[Mg+2]. The van der Waals surface area contributed by atoms with Gasteiger partial charge in [0.05, 0.1) is 0 Å². The summed E-state index contributed by atoms with van der Waals surface area (Å²) in [7, 11) is 0. The zero-order chi connectivity index (χ0) is 10.5. The summed E-state index contributed by atoms with van der Waals surface area (Å²) in [6.07, 6.45) is 0. The number of halogens is 2. The second kappa shape index (κ2) is 8.81. The third-order valence-corrected chi connectivity index (χ3v) is 2.22. The van der Waals surface area contributed by atoms with Crippen LogP contribution in [0.5, 0.6) is 5.75 Å². The van der Waals surface area contributed by atoms with Crippen molar-refractivity contribution in [1.82, 2.24) is 0 Å². The topological polar surface area (TPSA) is 9.23 Å². The van der Waals surface area contributed by atoms with E-state index in [4.69, 9.17) is 16.3 Å². The third-order valence-electron chi connectivity index (χ3n) is 1.98. The van der Waals surface area contributed by atoms with E-state index in [2.05, 4.69) is 6.07 Å². The van der Waals surface area contributed by atoms with Crippen LogP contribution in [0.15, 0.2) is 48.5 Å². The van der Waals surface area contributed by atoms with Gasteiger partial charge in [0.1, 0.15) is 6.61 Å². The van der Waals surface area contributed by atoms with Crippen molar-refractivity contribution in [1.29, 1.82) is 0 Å². The maximum Gasteiger partial charge on any atom is 2.00 e. The van der Waals surface area contributed by atoms with Crippen molar-refractivity contribution in [3.8, 4) is 5.75 Å². The quantitative estimate of drug-likeness (QED) is 0.585. The predicted molar refractivity (Wildman–Crippen MR) is 66.8 cm³/mol. The molecule has 0 saturated heterocycles. The molecule has 0 aliphatic heterocycles. The van der Waals surface area contributed by atoms with Gasteiger partial charge in [0.15, 0.2) is 0 Å². The molecule has 0 spiro atoms. The van der Waals surface area contributed by atoms with E-state index < -0.39 is 0 Å². The van der Waals surface area contributed by atoms with E-state index in [1.807, 2.05) is 48.5 Å². The van der Waals surface area contributed by atoms with Crippen LogP contribution in [0.2, 0.25) is 5.02 Å². The standard InChI is InChI=1S/C13H10ClO.BrH.Mg/c14-12-6-4-5-11(9-12)10-15-13-7-2-1-3-8-13;;/h2-9H,10H2;1H;/q-1;;+2/p-1. The summed E-state index contributed by atoms with van der Waals surface area (Å²) in [6.45, 7) is 0.532. The van der Waals surface area contributed by atoms with E-state index in [9.17, 15) is 0 Å². The normalized spacial score (nSPS) is 8.76. The van der Waals surface area contributed by atoms with E-state index in [0.29, 0.717) is 6.61 Å². The van der Waals surface area contributed by atoms with Crippen molar-refractivity contribution < 1.29 is 21.7 Å². The molecular formula is C13H10BrClMgO. The first-order chi connectivity index (χ1) is 7.34. The molecule has 84 valence electrons. The first-order valence-corrected chi connectivity index (χ1v) is 5.06. The molecule has 2 rings (SSSR count). The Kier molecular flexibility index (Phi) is 8.69. The maximum atomic E-state index is 5.87. The van der Waals surface area contributed by atoms with Gasteiger partial charge in [-0.3, -0.25) is 0 Å². The summed E-state index contributed by atoms with van der Waals surface area (Å²) in [5.41, 5.74) is 1.07. The van der Waals surface area contributed by atoms with Gasteiger partial charge in [-0.15, -0.1) is 12.1 Å². The van der Waals surface area contributed by atoms with Gasteiger partial charge in [-0.1, -0.05) is 23.7 Å². The molecule has 2 aromatic carbocycles. The number of hydrogen-bond donors (Lipinski definition) is 0. The molecule has 0 amide bonds. The van der Waals surface area contributed by atoms with Gasteiger partial charge in [-0.05, 0) is 17.7 Å². The van der Waals surface area contributed by atoms with Crippen LogP contribution in [-0.2, 0) is 6.61 Å². The smallest absolute Gasteiger partial charge is 1.00 e. The fourth-order valence-corrected chi connectivity index (χ4v) is 1.47. The van der Waals surface area contributed by atoms with Gasteiger partial charge in [-0.2, -0.15) is 18.2 Å². The van der Waals surface area contributed by atoms with Crippen LogP contribution in [0, 0.1) is 6.07 Å². The Labute approximate surface area is 133 Å². The Morgan fingerprint density at radius 3 is 2.47 bits per heavy atom. The Hall–Kier alpha value is -0.224. The average molecular weight is 322 g/mol. The van der Waals surface area contributed by atoms with Crippen molar-refractivity contribution in [2.45, 2.75) is 6.61 Å². The Balaban J connectivity index is 0.00000128. The molecule has 0 aliphatic carbocycles. The fourth-order valence-electron chi connectivity index (χ4n) is 1.26. The number of benzene rings is 2. The van der Waals surface area contributed by atoms with E-state index >= 15 is 0 Å². The second-order valence-corrected chi connectivity index (χ2v) is 3.59. The molecule has 4 heteroatoms. The molecule has 0 aromatic heterocycles. The molecule has 1 nitrogen and oxygen atoms in total. The minimum absolute atomic E-state index is 0. The van der Waals surface area contributed by atoms with Crippen molar-refractivity contribution in [3.05, 3.63) is 65.2 Å². The zero-order valence-electron chi connectivity index (χ0n) is 9.20. The summed E-state index contributed by atoms with van der Waals surface area (Å²) in [6, 6.07) is 18.0. The largest absolute Gasteiger partial charge is 2.00 e. The molecule has 0 N–H and O–H groups in total. The molecule has 0 saturated carbocycles. The van der Waals surface area contributed by atoms with Gasteiger partial charge in [0, 0.05) is 10.8 Å². The molecule has 17 heavy (non-hydrogen) atoms. The van der Waals surface area contributed by atoms with Crippen LogP contribution in [0.4, 0.5) is 0 Å². The molecule has 0 heterocycles. The number of hydrogen-bond acceptors (Lipinski definition) is 1. The minimum atomic E-state index is 0. The van der Waals surface area contributed by atoms with E-state index in [0.717, 1.165) is 16.3 Å². The Morgan fingerprint density at radius 2 is 1.82 bits per heavy atom. The van der Waals surface area contributed by atoms with Crippen molar-refractivity contribution in [3.63, 3.8) is 0 Å². The molecule has 2 aromatic rings. The van der Waals surface area contributed by atoms with Crippen LogP contribution in [0.1, 0.15) is 5.56 Å². The van der Waals surface area contributed by atoms with Crippen LogP contribution in [0.3, 0.4) is 0 Å². The molecular weight excluding hydrogens is 312 g/mol. The predicted octanol–water partition coefficient (Wildman–Crippen LogP) is 0.342. The molecule has 0 radical (unpaired) electrons. The maximum absolute atomic E-state index is 5.87. The molecule has 0 fully saturated rings. The van der Waals surface area contributed by atoms with E-state index in [1.165, 1.54) is 0 Å². The summed E-state index contributed by atoms with van der Waals surface area (Å²) >= 11 is 5.87. The first kappa shape index (κ1) is 16.8. The number of ether oxygens (including phenoxy) is 1. The van der Waals surface area contributed by atoms with Gasteiger partial charge in [-0.25, -0.2) is 0 Å². The summed E-state index contributed by atoms with van der Waals surface area (Å²) in [4.78, 5) is 0. The van der Waals surface area contributed by atoms with E-state index in [1.54, 1.807) is 0 Å². The van der Waals surface area contributed by atoms with Gasteiger partial charge >= 0.3 is 23.1 Å². The first-order valence-electron chi connectivity index (χ1n) is 4.68. The van der Waals surface area contributed by atoms with Crippen LogP contribution >= 0.6 is 11.6 Å². The third kappa shape index (κ3) is 5.77. The zero-order valence-corrected chi connectivity index (χ0v) is 13.0. The Bertz CT molecular complexity index is 436. The summed E-state index contributed by atoms with van der Waals surface area (Å²) in [5.74, 6) is 0.841. The minimum Gasteiger partial charge on any atom is -1.00 e. The van der Waals surface area contributed by atoms with Crippen LogP contribution in [0.25, 0.3) is 0 Å². The second-order valence-electron chi connectivity index (χ2n) is 3.15. The molecule has 0 aliphatic rings. The molecule has 0 atom stereocenters. The van der Waals surface area contributed by atoms with Gasteiger partial charge < -0.3 is 21.7 Å². The van der Waals surface area contributed by atoms with Crippen LogP contribution in [-0.4, -0.2) is 23.1 Å². The summed E-state index contributed by atoms with van der Waals surface area (Å²) in [5, 5.41) is 0.734. The Morgan fingerprint density at radius 1 is 1.12 bits per heavy atom. The molecule has 0 bridgehead atoms. The van der Waals surface area contributed by atoms with Gasteiger partial charge in [0.25, 0.3) is 0 Å². The number of rotatable bonds is 3. The average Bonchev–Trinajstić information content (AvgIpc) is 2.28. The van der Waals surface area contributed by atoms with Gasteiger partial charge in [0.2, 0.25) is 0 Å². The summed E-state index contributed by atoms with van der Waals surface area (Å²) < 4.78 is 5.57. The van der Waals surface area contributed by atoms with Crippen molar-refractivity contribution in [2.75, 3.05) is 0 Å². The monoisotopic (exact) mass is 320 g/mol. The molecule has 0 unspecified atom stereocenters. The van der Waals surface area contributed by atoms with Crippen molar-refractivity contribution >= 4 is 34.7 Å². The van der Waals surface area contributed by atoms with Crippen LogP contribution < -0.4 is 21.7 Å². The fraction of sp³-hybridized carbons (Fsp3) is 0.0769. The van der Waals surface area contributed by atoms with Crippen molar-refractivity contribution in [2.24, 2.45) is 0 Å².